The van der Waals surface area contributed by atoms with Gasteiger partial charge >= 0.3 is 0 Å². The molecule has 0 bridgehead atoms. The number of nitrogens with zero attached hydrogens (tertiary/aromatic N) is 2. The van der Waals surface area contributed by atoms with Crippen molar-refractivity contribution in [3.63, 3.8) is 0 Å². The smallest absolute Gasteiger partial charge is 0.191 e. The summed E-state index contributed by atoms with van der Waals surface area (Å²) in [6, 6.07) is 0. The Balaban J connectivity index is 2.00. The summed E-state index contributed by atoms with van der Waals surface area (Å²) < 4.78 is 5.53. The quantitative estimate of drug-likeness (QED) is 0.388. The first-order valence-corrected chi connectivity index (χ1v) is 6.40. The van der Waals surface area contributed by atoms with Gasteiger partial charge in [-0.2, -0.15) is 0 Å². The predicted molar refractivity (Wildman–Crippen MR) is 67.6 cm³/mol. The minimum atomic E-state index is 0.659. The van der Waals surface area contributed by atoms with E-state index in [-0.39, 0.29) is 0 Å². The van der Waals surface area contributed by atoms with Crippen molar-refractivity contribution in [1.29, 1.82) is 0 Å². The van der Waals surface area contributed by atoms with Gasteiger partial charge in [-0.1, -0.05) is 0 Å². The number of guanidine groups is 1. The van der Waals surface area contributed by atoms with Crippen LogP contribution in [0.2, 0.25) is 0 Å². The standard InChI is InChI=1S/C12H25N3O/c1-3-15(4-2)12(13)14-8-5-9-16-10-11-6-7-11/h11H,3-10H2,1-2H3,(H2,13,14). The van der Waals surface area contributed by atoms with Crippen molar-refractivity contribution in [1.82, 2.24) is 4.90 Å². The molecule has 0 aromatic rings. The molecule has 1 aliphatic carbocycles. The monoisotopic (exact) mass is 227 g/mol. The Labute approximate surface area is 98.9 Å². The molecule has 1 aliphatic rings. The first-order valence-electron chi connectivity index (χ1n) is 6.40. The zero-order valence-corrected chi connectivity index (χ0v) is 10.6. The van der Waals surface area contributed by atoms with E-state index in [0.717, 1.165) is 45.2 Å². The summed E-state index contributed by atoms with van der Waals surface area (Å²) in [7, 11) is 0. The molecule has 16 heavy (non-hydrogen) atoms. The fraction of sp³-hybridized carbons (Fsp3) is 0.917. The zero-order chi connectivity index (χ0) is 11.8. The van der Waals surface area contributed by atoms with Crippen LogP contribution in [0.25, 0.3) is 0 Å². The van der Waals surface area contributed by atoms with Crippen molar-refractivity contribution in [3.05, 3.63) is 0 Å². The van der Waals surface area contributed by atoms with E-state index in [1.807, 2.05) is 0 Å². The lowest BCUT2D eigenvalue weighted by Crippen LogP contribution is -2.37. The van der Waals surface area contributed by atoms with Crippen molar-refractivity contribution in [3.8, 4) is 0 Å². The van der Waals surface area contributed by atoms with Crippen molar-refractivity contribution in [2.24, 2.45) is 16.6 Å². The molecule has 4 nitrogen and oxygen atoms in total. The molecule has 0 radical (unpaired) electrons. The highest BCUT2D eigenvalue weighted by Gasteiger charge is 2.20. The molecule has 0 aromatic carbocycles. The summed E-state index contributed by atoms with van der Waals surface area (Å²) in [6.45, 7) is 8.54. The van der Waals surface area contributed by atoms with Gasteiger partial charge in [0.1, 0.15) is 0 Å². The third-order valence-electron chi connectivity index (χ3n) is 2.86. The molecule has 0 heterocycles. The Hall–Kier alpha value is -0.770. The molecule has 1 saturated carbocycles. The summed E-state index contributed by atoms with van der Waals surface area (Å²) in [5, 5.41) is 0. The minimum Gasteiger partial charge on any atom is -0.381 e. The van der Waals surface area contributed by atoms with Crippen molar-refractivity contribution in [2.75, 3.05) is 32.8 Å². The Morgan fingerprint density at radius 1 is 1.38 bits per heavy atom. The Kier molecular flexibility index (Phi) is 6.23. The molecule has 0 saturated heterocycles. The van der Waals surface area contributed by atoms with Gasteiger partial charge in [-0.3, -0.25) is 4.99 Å². The second-order valence-corrected chi connectivity index (χ2v) is 4.28. The van der Waals surface area contributed by atoms with Gasteiger partial charge in [0.15, 0.2) is 5.96 Å². The molecule has 1 rings (SSSR count). The normalized spacial score (nSPS) is 16.5. The number of aliphatic imine (C=N–C) groups is 1. The van der Waals surface area contributed by atoms with E-state index in [2.05, 4.69) is 23.7 Å². The molecule has 94 valence electrons. The van der Waals surface area contributed by atoms with Gasteiger partial charge in [-0.05, 0) is 39.0 Å². The van der Waals surface area contributed by atoms with E-state index in [9.17, 15) is 0 Å². The van der Waals surface area contributed by atoms with Crippen molar-refractivity contribution < 1.29 is 4.74 Å². The van der Waals surface area contributed by atoms with Crippen LogP contribution in [-0.2, 0) is 4.74 Å². The average Bonchev–Trinajstić information content (AvgIpc) is 3.09. The second-order valence-electron chi connectivity index (χ2n) is 4.28. The van der Waals surface area contributed by atoms with Crippen LogP contribution in [0, 0.1) is 5.92 Å². The molecule has 0 aromatic heterocycles. The molecule has 0 unspecified atom stereocenters. The molecule has 0 aliphatic heterocycles. The minimum absolute atomic E-state index is 0.659. The predicted octanol–water partition coefficient (Wildman–Crippen LogP) is 1.46. The highest BCUT2D eigenvalue weighted by Crippen LogP contribution is 2.28. The van der Waals surface area contributed by atoms with Crippen LogP contribution in [0.1, 0.15) is 33.1 Å². The maximum Gasteiger partial charge on any atom is 0.191 e. The lowest BCUT2D eigenvalue weighted by atomic mass is 10.4. The summed E-state index contributed by atoms with van der Waals surface area (Å²) >= 11 is 0. The molecular formula is C12H25N3O. The van der Waals surface area contributed by atoms with Gasteiger partial charge in [0, 0.05) is 32.8 Å². The Bertz CT molecular complexity index is 210. The molecule has 1 fully saturated rings. The molecular weight excluding hydrogens is 202 g/mol. The second kappa shape index (κ2) is 7.49. The highest BCUT2D eigenvalue weighted by molar-refractivity contribution is 5.77. The van der Waals surface area contributed by atoms with E-state index in [4.69, 9.17) is 10.5 Å². The van der Waals surface area contributed by atoms with Gasteiger partial charge in [0.25, 0.3) is 0 Å². The molecule has 0 amide bonds. The number of rotatable bonds is 8. The fourth-order valence-electron chi connectivity index (χ4n) is 1.54. The summed E-state index contributed by atoms with van der Waals surface area (Å²) in [5.74, 6) is 1.51. The molecule has 2 N–H and O–H groups in total. The number of hydrogen-bond acceptors (Lipinski definition) is 2. The van der Waals surface area contributed by atoms with Gasteiger partial charge < -0.3 is 15.4 Å². The molecule has 0 atom stereocenters. The molecule has 0 spiro atoms. The van der Waals surface area contributed by atoms with E-state index < -0.39 is 0 Å². The largest absolute Gasteiger partial charge is 0.381 e. The Morgan fingerprint density at radius 3 is 2.62 bits per heavy atom. The number of ether oxygens (including phenoxy) is 1. The first kappa shape index (κ1) is 13.3. The van der Waals surface area contributed by atoms with E-state index in [1.54, 1.807) is 0 Å². The Morgan fingerprint density at radius 2 is 2.06 bits per heavy atom. The van der Waals surface area contributed by atoms with Crippen molar-refractivity contribution >= 4 is 5.96 Å². The number of hydrogen-bond donors (Lipinski definition) is 1. The van der Waals surface area contributed by atoms with Gasteiger partial charge in [-0.25, -0.2) is 0 Å². The zero-order valence-electron chi connectivity index (χ0n) is 10.6. The van der Waals surface area contributed by atoms with E-state index >= 15 is 0 Å². The van der Waals surface area contributed by atoms with Crippen LogP contribution in [0.3, 0.4) is 0 Å². The van der Waals surface area contributed by atoms with Gasteiger partial charge in [0.2, 0.25) is 0 Å². The lowest BCUT2D eigenvalue weighted by Gasteiger charge is -2.19. The maximum absolute atomic E-state index is 5.85. The van der Waals surface area contributed by atoms with Crippen molar-refractivity contribution in [2.45, 2.75) is 33.1 Å². The number of nitrogens with two attached hydrogens (primary N) is 1. The third-order valence-corrected chi connectivity index (χ3v) is 2.86. The summed E-state index contributed by atoms with van der Waals surface area (Å²) in [4.78, 5) is 6.40. The summed E-state index contributed by atoms with van der Waals surface area (Å²) in [6.07, 6.45) is 3.68. The summed E-state index contributed by atoms with van der Waals surface area (Å²) in [5.41, 5.74) is 5.85. The SMILES string of the molecule is CCN(CC)C(N)=NCCCOCC1CC1. The topological polar surface area (TPSA) is 50.8 Å². The van der Waals surface area contributed by atoms with E-state index in [0.29, 0.717) is 5.96 Å². The van der Waals surface area contributed by atoms with Crippen LogP contribution in [0.15, 0.2) is 4.99 Å². The van der Waals surface area contributed by atoms with Crippen LogP contribution >= 0.6 is 0 Å². The molecule has 4 heteroatoms. The third kappa shape index (κ3) is 5.35. The first-order chi connectivity index (χ1) is 7.77. The van der Waals surface area contributed by atoms with Crippen LogP contribution < -0.4 is 5.73 Å². The van der Waals surface area contributed by atoms with Crippen LogP contribution in [-0.4, -0.2) is 43.7 Å². The maximum atomic E-state index is 5.85. The van der Waals surface area contributed by atoms with Crippen LogP contribution in [0.5, 0.6) is 0 Å². The van der Waals surface area contributed by atoms with Gasteiger partial charge in [-0.15, -0.1) is 0 Å². The lowest BCUT2D eigenvalue weighted by molar-refractivity contribution is 0.123. The van der Waals surface area contributed by atoms with Gasteiger partial charge in [0.05, 0.1) is 0 Å². The van der Waals surface area contributed by atoms with Crippen LogP contribution in [0.4, 0.5) is 0 Å². The van der Waals surface area contributed by atoms with E-state index in [1.165, 1.54) is 12.8 Å². The average molecular weight is 227 g/mol. The highest BCUT2D eigenvalue weighted by atomic mass is 16.5. The fourth-order valence-corrected chi connectivity index (χ4v) is 1.54.